The molecule has 1 aliphatic carbocycles. The fraction of sp³-hybridized carbons (Fsp3) is 0.529. The Morgan fingerprint density at radius 2 is 2.05 bits per heavy atom. The quantitative estimate of drug-likeness (QED) is 0.839. The lowest BCUT2D eigenvalue weighted by molar-refractivity contribution is 0.191. The van der Waals surface area contributed by atoms with Crippen LogP contribution < -0.4 is 5.73 Å². The molecule has 2 heteroatoms. The minimum Gasteiger partial charge on any atom is -0.330 e. The molecule has 1 aromatic rings. The molecule has 102 valence electrons. The van der Waals surface area contributed by atoms with Gasteiger partial charge in [-0.05, 0) is 44.0 Å². The SMILES string of the molecule is CCN(CC#Cc1ccccc1)C1CCCC1CN. The molecule has 0 bridgehead atoms. The number of nitrogens with zero attached hydrogens (tertiary/aromatic N) is 1. The Bertz CT molecular complexity index is 430. The van der Waals surface area contributed by atoms with Crippen molar-refractivity contribution in [2.24, 2.45) is 11.7 Å². The first kappa shape index (κ1) is 14.1. The molecule has 0 spiro atoms. The zero-order valence-electron chi connectivity index (χ0n) is 11.8. The Kier molecular flexibility index (Phi) is 5.44. The number of rotatable bonds is 4. The molecule has 0 saturated heterocycles. The van der Waals surface area contributed by atoms with Crippen molar-refractivity contribution < 1.29 is 0 Å². The van der Waals surface area contributed by atoms with Crippen LogP contribution in [0.1, 0.15) is 31.7 Å². The van der Waals surface area contributed by atoms with Crippen molar-refractivity contribution in [2.75, 3.05) is 19.6 Å². The van der Waals surface area contributed by atoms with Gasteiger partial charge in [-0.2, -0.15) is 0 Å². The Morgan fingerprint density at radius 3 is 2.74 bits per heavy atom. The summed E-state index contributed by atoms with van der Waals surface area (Å²) in [6.07, 6.45) is 3.88. The second kappa shape index (κ2) is 7.33. The van der Waals surface area contributed by atoms with Crippen molar-refractivity contribution >= 4 is 0 Å². The summed E-state index contributed by atoms with van der Waals surface area (Å²) < 4.78 is 0. The van der Waals surface area contributed by atoms with Gasteiger partial charge in [-0.25, -0.2) is 0 Å². The molecule has 1 saturated carbocycles. The van der Waals surface area contributed by atoms with Gasteiger partial charge in [0.1, 0.15) is 0 Å². The van der Waals surface area contributed by atoms with E-state index in [-0.39, 0.29) is 0 Å². The maximum Gasteiger partial charge on any atom is 0.0607 e. The van der Waals surface area contributed by atoms with Gasteiger partial charge < -0.3 is 5.73 Å². The van der Waals surface area contributed by atoms with E-state index in [9.17, 15) is 0 Å². The third-order valence-electron chi connectivity index (χ3n) is 4.09. The van der Waals surface area contributed by atoms with Crippen LogP contribution in [0.25, 0.3) is 0 Å². The maximum absolute atomic E-state index is 5.87. The zero-order chi connectivity index (χ0) is 13.5. The first-order chi connectivity index (χ1) is 9.35. The van der Waals surface area contributed by atoms with Crippen molar-refractivity contribution in [2.45, 2.75) is 32.2 Å². The van der Waals surface area contributed by atoms with Crippen molar-refractivity contribution in [3.63, 3.8) is 0 Å². The highest BCUT2D eigenvalue weighted by atomic mass is 15.2. The molecule has 0 aromatic heterocycles. The number of nitrogens with two attached hydrogens (primary N) is 1. The highest BCUT2D eigenvalue weighted by molar-refractivity contribution is 5.33. The predicted octanol–water partition coefficient (Wildman–Crippen LogP) is 2.49. The van der Waals surface area contributed by atoms with Gasteiger partial charge in [-0.15, -0.1) is 0 Å². The zero-order valence-corrected chi connectivity index (χ0v) is 11.8. The number of hydrogen-bond acceptors (Lipinski definition) is 2. The van der Waals surface area contributed by atoms with E-state index in [4.69, 9.17) is 5.73 Å². The van der Waals surface area contributed by atoms with Gasteiger partial charge in [0.25, 0.3) is 0 Å². The van der Waals surface area contributed by atoms with Crippen LogP contribution in [0.2, 0.25) is 0 Å². The van der Waals surface area contributed by atoms with E-state index in [1.54, 1.807) is 0 Å². The largest absolute Gasteiger partial charge is 0.330 e. The Hall–Kier alpha value is -1.30. The van der Waals surface area contributed by atoms with Crippen LogP contribution in [0.15, 0.2) is 30.3 Å². The fourth-order valence-electron chi connectivity index (χ4n) is 3.00. The van der Waals surface area contributed by atoms with Crippen molar-refractivity contribution in [1.29, 1.82) is 0 Å². The smallest absolute Gasteiger partial charge is 0.0607 e. The minimum atomic E-state index is 0.639. The summed E-state index contributed by atoms with van der Waals surface area (Å²) in [5.41, 5.74) is 6.97. The summed E-state index contributed by atoms with van der Waals surface area (Å²) in [6.45, 7) is 4.95. The van der Waals surface area contributed by atoms with Crippen LogP contribution in [0.5, 0.6) is 0 Å². The Morgan fingerprint density at radius 1 is 1.26 bits per heavy atom. The first-order valence-corrected chi connectivity index (χ1v) is 7.33. The van der Waals surface area contributed by atoms with Gasteiger partial charge in [-0.1, -0.05) is 43.4 Å². The Balaban J connectivity index is 1.95. The normalized spacial score (nSPS) is 22.3. The molecule has 1 aromatic carbocycles. The van der Waals surface area contributed by atoms with Gasteiger partial charge in [-0.3, -0.25) is 4.90 Å². The summed E-state index contributed by atoms with van der Waals surface area (Å²) in [6, 6.07) is 10.8. The standard InChI is InChI=1S/C17H24N2/c1-2-19(17-12-6-11-16(17)14-18)13-7-10-15-8-4-3-5-9-15/h3-5,8-9,16-17H,2,6,11-14,18H2,1H3. The average Bonchev–Trinajstić information content (AvgIpc) is 2.93. The van der Waals surface area contributed by atoms with Gasteiger partial charge in [0.15, 0.2) is 0 Å². The molecular weight excluding hydrogens is 232 g/mol. The molecule has 2 atom stereocenters. The first-order valence-electron chi connectivity index (χ1n) is 7.33. The van der Waals surface area contributed by atoms with Crippen molar-refractivity contribution in [3.05, 3.63) is 35.9 Å². The van der Waals surface area contributed by atoms with E-state index in [2.05, 4.69) is 35.8 Å². The van der Waals surface area contributed by atoms with E-state index in [0.717, 1.165) is 25.2 Å². The van der Waals surface area contributed by atoms with Gasteiger partial charge in [0.05, 0.1) is 6.54 Å². The van der Waals surface area contributed by atoms with Crippen LogP contribution in [-0.4, -0.2) is 30.6 Å². The molecule has 1 fully saturated rings. The molecule has 19 heavy (non-hydrogen) atoms. The monoisotopic (exact) mass is 256 g/mol. The lowest BCUT2D eigenvalue weighted by Crippen LogP contribution is -2.40. The molecule has 0 radical (unpaired) electrons. The molecule has 1 aliphatic rings. The summed E-state index contributed by atoms with van der Waals surface area (Å²) >= 11 is 0. The van der Waals surface area contributed by atoms with Crippen molar-refractivity contribution in [1.82, 2.24) is 4.90 Å². The van der Waals surface area contributed by atoms with E-state index in [0.29, 0.717) is 12.0 Å². The highest BCUT2D eigenvalue weighted by Crippen LogP contribution is 2.28. The molecule has 0 heterocycles. The molecule has 2 nitrogen and oxygen atoms in total. The van der Waals surface area contributed by atoms with Crippen molar-refractivity contribution in [3.8, 4) is 11.8 Å². The third-order valence-corrected chi connectivity index (χ3v) is 4.09. The van der Waals surface area contributed by atoms with Gasteiger partial charge >= 0.3 is 0 Å². The summed E-state index contributed by atoms with van der Waals surface area (Å²) in [5.74, 6) is 7.22. The van der Waals surface area contributed by atoms with Gasteiger partial charge in [0.2, 0.25) is 0 Å². The molecule has 0 amide bonds. The maximum atomic E-state index is 5.87. The fourth-order valence-corrected chi connectivity index (χ4v) is 3.00. The van der Waals surface area contributed by atoms with E-state index in [1.165, 1.54) is 19.3 Å². The second-order valence-corrected chi connectivity index (χ2v) is 5.22. The summed E-state index contributed by atoms with van der Waals surface area (Å²) in [7, 11) is 0. The van der Waals surface area contributed by atoms with Crippen LogP contribution in [0.3, 0.4) is 0 Å². The van der Waals surface area contributed by atoms with Gasteiger partial charge in [0, 0.05) is 11.6 Å². The molecule has 2 rings (SSSR count). The number of hydrogen-bond donors (Lipinski definition) is 1. The molecule has 0 aliphatic heterocycles. The Labute approximate surface area is 117 Å². The summed E-state index contributed by atoms with van der Waals surface area (Å²) in [5, 5.41) is 0. The second-order valence-electron chi connectivity index (χ2n) is 5.22. The molecule has 2 unspecified atom stereocenters. The van der Waals surface area contributed by atoms with E-state index < -0.39 is 0 Å². The lowest BCUT2D eigenvalue weighted by atomic mass is 10.0. The number of benzene rings is 1. The third kappa shape index (κ3) is 3.83. The predicted molar refractivity (Wildman–Crippen MR) is 80.8 cm³/mol. The van der Waals surface area contributed by atoms with Crippen LogP contribution in [-0.2, 0) is 0 Å². The minimum absolute atomic E-state index is 0.639. The molecule has 2 N–H and O–H groups in total. The topological polar surface area (TPSA) is 29.3 Å². The average molecular weight is 256 g/mol. The van der Waals surface area contributed by atoms with Crippen LogP contribution >= 0.6 is 0 Å². The highest BCUT2D eigenvalue weighted by Gasteiger charge is 2.29. The van der Waals surface area contributed by atoms with Crippen LogP contribution in [0.4, 0.5) is 0 Å². The van der Waals surface area contributed by atoms with E-state index in [1.807, 2.05) is 18.2 Å². The lowest BCUT2D eigenvalue weighted by Gasteiger charge is -2.30. The summed E-state index contributed by atoms with van der Waals surface area (Å²) in [4.78, 5) is 2.49. The van der Waals surface area contributed by atoms with Crippen LogP contribution in [0, 0.1) is 17.8 Å². The van der Waals surface area contributed by atoms with E-state index >= 15 is 0 Å². The molecular formula is C17H24N2.